The first-order valence-electron chi connectivity index (χ1n) is 9.20. The zero-order valence-corrected chi connectivity index (χ0v) is 16.8. The molecule has 3 heterocycles. The third kappa shape index (κ3) is 4.51. The summed E-state index contributed by atoms with van der Waals surface area (Å²) in [6.45, 7) is 11.1. The lowest BCUT2D eigenvalue weighted by Gasteiger charge is -2.42. The smallest absolute Gasteiger partial charge is 0.307 e. The summed E-state index contributed by atoms with van der Waals surface area (Å²) in [5.41, 5.74) is 2.15. The number of likely N-dealkylation sites (tertiary alicyclic amines) is 1. The molecule has 2 unspecified atom stereocenters. The number of aryl methyl sites for hydroxylation is 1. The maximum atomic E-state index is 11.6. The van der Waals surface area contributed by atoms with Crippen LogP contribution >= 0.6 is 11.3 Å². The van der Waals surface area contributed by atoms with Crippen molar-refractivity contribution in [3.05, 3.63) is 40.9 Å². The largest absolute Gasteiger partial charge is 0.481 e. The standard InChI is InChI=1S/C21H28N2O2S/c1-14-6-5-7-18(22-14)19-9-8-17(26-19)13-23-11-15(20(24)25)10-16(12-23)21(2,3)4/h5-9,15-16H,10-13H2,1-4H3,(H,24,25). The Morgan fingerprint density at radius 2 is 2.04 bits per heavy atom. The molecule has 1 N–H and O–H groups in total. The van der Waals surface area contributed by atoms with Gasteiger partial charge in [-0.15, -0.1) is 11.3 Å². The van der Waals surface area contributed by atoms with Crippen LogP contribution in [-0.4, -0.2) is 34.0 Å². The average molecular weight is 373 g/mol. The molecule has 0 amide bonds. The van der Waals surface area contributed by atoms with Crippen LogP contribution in [0.15, 0.2) is 30.3 Å². The van der Waals surface area contributed by atoms with Gasteiger partial charge in [-0.2, -0.15) is 0 Å². The molecule has 0 aromatic carbocycles. The number of rotatable bonds is 4. The van der Waals surface area contributed by atoms with Crippen molar-refractivity contribution >= 4 is 17.3 Å². The normalized spacial score (nSPS) is 21.7. The van der Waals surface area contributed by atoms with Crippen molar-refractivity contribution in [1.82, 2.24) is 9.88 Å². The van der Waals surface area contributed by atoms with E-state index in [9.17, 15) is 9.90 Å². The van der Waals surface area contributed by atoms with Crippen LogP contribution in [0.25, 0.3) is 10.6 Å². The summed E-state index contributed by atoms with van der Waals surface area (Å²) in [5, 5.41) is 9.55. The number of thiophene rings is 1. The van der Waals surface area contributed by atoms with Crippen LogP contribution in [0.4, 0.5) is 0 Å². The number of hydrogen-bond acceptors (Lipinski definition) is 4. The molecule has 140 valence electrons. The van der Waals surface area contributed by atoms with E-state index in [0.29, 0.717) is 12.5 Å². The van der Waals surface area contributed by atoms with Crippen LogP contribution in [0.3, 0.4) is 0 Å². The van der Waals surface area contributed by atoms with Crippen molar-refractivity contribution in [2.45, 2.75) is 40.7 Å². The summed E-state index contributed by atoms with van der Waals surface area (Å²) in [6.07, 6.45) is 0.776. The highest BCUT2D eigenvalue weighted by Gasteiger charge is 2.37. The lowest BCUT2D eigenvalue weighted by molar-refractivity contribution is -0.145. The lowest BCUT2D eigenvalue weighted by Crippen LogP contribution is -2.46. The van der Waals surface area contributed by atoms with E-state index in [-0.39, 0.29) is 11.3 Å². The van der Waals surface area contributed by atoms with Crippen molar-refractivity contribution < 1.29 is 9.90 Å². The van der Waals surface area contributed by atoms with Gasteiger partial charge in [0, 0.05) is 30.2 Å². The SMILES string of the molecule is Cc1cccc(-c2ccc(CN3CC(C(=O)O)CC(C(C)(C)C)C3)s2)n1. The summed E-state index contributed by atoms with van der Waals surface area (Å²) in [5.74, 6) is -0.541. The highest BCUT2D eigenvalue weighted by molar-refractivity contribution is 7.15. The fourth-order valence-electron chi connectivity index (χ4n) is 3.63. The zero-order valence-electron chi connectivity index (χ0n) is 16.0. The lowest BCUT2D eigenvalue weighted by atomic mass is 9.73. The van der Waals surface area contributed by atoms with E-state index in [1.165, 1.54) is 9.75 Å². The number of carbonyl (C=O) groups is 1. The van der Waals surface area contributed by atoms with Crippen LogP contribution in [0, 0.1) is 24.2 Å². The fraction of sp³-hybridized carbons (Fsp3) is 0.524. The topological polar surface area (TPSA) is 53.4 Å². The predicted molar refractivity (Wildman–Crippen MR) is 106 cm³/mol. The van der Waals surface area contributed by atoms with E-state index in [0.717, 1.165) is 30.9 Å². The minimum atomic E-state index is -0.667. The third-order valence-electron chi connectivity index (χ3n) is 5.28. The van der Waals surface area contributed by atoms with Crippen LogP contribution in [0.5, 0.6) is 0 Å². The molecular weight excluding hydrogens is 344 g/mol. The highest BCUT2D eigenvalue weighted by Crippen LogP contribution is 2.37. The van der Waals surface area contributed by atoms with Gasteiger partial charge in [0.25, 0.3) is 0 Å². The van der Waals surface area contributed by atoms with Crippen molar-refractivity contribution in [1.29, 1.82) is 0 Å². The maximum Gasteiger partial charge on any atom is 0.307 e. The molecule has 3 rings (SSSR count). The molecule has 26 heavy (non-hydrogen) atoms. The molecule has 4 nitrogen and oxygen atoms in total. The molecule has 1 saturated heterocycles. The third-order valence-corrected chi connectivity index (χ3v) is 6.37. The first-order valence-corrected chi connectivity index (χ1v) is 10.0. The predicted octanol–water partition coefficient (Wildman–Crippen LogP) is 4.69. The Hall–Kier alpha value is -1.72. The van der Waals surface area contributed by atoms with Gasteiger partial charge in [-0.3, -0.25) is 14.7 Å². The Kier molecular flexibility index (Phi) is 5.49. The minimum Gasteiger partial charge on any atom is -0.481 e. The quantitative estimate of drug-likeness (QED) is 0.846. The second-order valence-corrected chi connectivity index (χ2v) is 9.63. The number of carboxylic acid groups (broad SMARTS) is 1. The van der Waals surface area contributed by atoms with E-state index in [1.807, 2.05) is 25.1 Å². The number of nitrogens with zero attached hydrogens (tertiary/aromatic N) is 2. The summed E-state index contributed by atoms with van der Waals surface area (Å²) < 4.78 is 0. The number of hydrogen-bond donors (Lipinski definition) is 1. The van der Waals surface area contributed by atoms with E-state index in [2.05, 4.69) is 42.8 Å². The second kappa shape index (κ2) is 7.49. The van der Waals surface area contributed by atoms with E-state index in [1.54, 1.807) is 11.3 Å². The molecule has 1 fully saturated rings. The fourth-order valence-corrected chi connectivity index (χ4v) is 4.65. The van der Waals surface area contributed by atoms with Crippen LogP contribution in [0.2, 0.25) is 0 Å². The van der Waals surface area contributed by atoms with Gasteiger partial charge in [0.05, 0.1) is 16.5 Å². The van der Waals surface area contributed by atoms with Gasteiger partial charge in [-0.1, -0.05) is 26.8 Å². The van der Waals surface area contributed by atoms with Gasteiger partial charge in [0.1, 0.15) is 0 Å². The number of aliphatic carboxylic acids is 1. The number of carboxylic acids is 1. The van der Waals surface area contributed by atoms with Crippen molar-refractivity contribution in [2.75, 3.05) is 13.1 Å². The van der Waals surface area contributed by atoms with Gasteiger partial charge >= 0.3 is 5.97 Å². The molecule has 5 heteroatoms. The average Bonchev–Trinajstić information content (AvgIpc) is 3.02. The second-order valence-electron chi connectivity index (χ2n) is 8.46. The van der Waals surface area contributed by atoms with Crippen LogP contribution < -0.4 is 0 Å². The Balaban J connectivity index is 1.74. The van der Waals surface area contributed by atoms with Gasteiger partial charge in [-0.25, -0.2) is 0 Å². The van der Waals surface area contributed by atoms with Gasteiger partial charge in [0.2, 0.25) is 0 Å². The molecule has 0 spiro atoms. The molecule has 0 saturated carbocycles. The summed E-state index contributed by atoms with van der Waals surface area (Å²) in [4.78, 5) is 21.0. The summed E-state index contributed by atoms with van der Waals surface area (Å²) in [7, 11) is 0. The molecule has 0 bridgehead atoms. The molecule has 2 atom stereocenters. The van der Waals surface area contributed by atoms with Crippen LogP contribution in [-0.2, 0) is 11.3 Å². The van der Waals surface area contributed by atoms with Gasteiger partial charge < -0.3 is 5.11 Å². The molecule has 0 aliphatic carbocycles. The molecule has 2 aromatic rings. The number of aromatic nitrogens is 1. The first-order chi connectivity index (χ1) is 12.2. The number of piperidine rings is 1. The monoisotopic (exact) mass is 372 g/mol. The summed E-state index contributed by atoms with van der Waals surface area (Å²) >= 11 is 1.76. The Labute approximate surface area is 159 Å². The Morgan fingerprint density at radius 3 is 2.69 bits per heavy atom. The molecule has 1 aliphatic heterocycles. The van der Waals surface area contributed by atoms with Crippen molar-refractivity contribution in [3.8, 4) is 10.6 Å². The van der Waals surface area contributed by atoms with E-state index in [4.69, 9.17) is 0 Å². The Morgan fingerprint density at radius 1 is 1.27 bits per heavy atom. The van der Waals surface area contributed by atoms with Gasteiger partial charge in [-0.05, 0) is 48.9 Å². The van der Waals surface area contributed by atoms with E-state index < -0.39 is 5.97 Å². The molecular formula is C21H28N2O2S. The highest BCUT2D eigenvalue weighted by atomic mass is 32.1. The minimum absolute atomic E-state index is 0.123. The van der Waals surface area contributed by atoms with Crippen molar-refractivity contribution in [2.24, 2.45) is 17.3 Å². The van der Waals surface area contributed by atoms with E-state index >= 15 is 0 Å². The first kappa shape index (κ1) is 19.1. The van der Waals surface area contributed by atoms with Crippen molar-refractivity contribution in [3.63, 3.8) is 0 Å². The number of pyridine rings is 1. The summed E-state index contributed by atoms with van der Waals surface area (Å²) in [6, 6.07) is 10.4. The molecule has 0 radical (unpaired) electrons. The molecule has 1 aliphatic rings. The van der Waals surface area contributed by atoms with Crippen LogP contribution in [0.1, 0.15) is 37.8 Å². The zero-order chi connectivity index (χ0) is 18.9. The Bertz CT molecular complexity index is 778. The maximum absolute atomic E-state index is 11.6. The molecule has 2 aromatic heterocycles. The van der Waals surface area contributed by atoms with Gasteiger partial charge in [0.15, 0.2) is 0 Å².